The maximum absolute atomic E-state index is 12.8. The molecule has 1 aliphatic carbocycles. The third-order valence-corrected chi connectivity index (χ3v) is 4.41. The van der Waals surface area contributed by atoms with Gasteiger partial charge in [-0.2, -0.15) is 0 Å². The largest absolute Gasteiger partial charge is 0.375 e. The quantitative estimate of drug-likeness (QED) is 0.619. The van der Waals surface area contributed by atoms with Gasteiger partial charge in [0.2, 0.25) is 11.8 Å². The van der Waals surface area contributed by atoms with E-state index in [1.54, 1.807) is 11.8 Å². The molecule has 1 saturated carbocycles. The van der Waals surface area contributed by atoms with E-state index in [1.807, 2.05) is 6.92 Å². The van der Waals surface area contributed by atoms with Gasteiger partial charge in [0.1, 0.15) is 11.6 Å². The summed E-state index contributed by atoms with van der Waals surface area (Å²) in [5.41, 5.74) is 0.297. The van der Waals surface area contributed by atoms with Gasteiger partial charge in [-0.15, -0.1) is 0 Å². The number of piperazine rings is 1. The Morgan fingerprint density at radius 1 is 1.38 bits per heavy atom. The van der Waals surface area contributed by atoms with Crippen LogP contribution in [0.15, 0.2) is 12.2 Å². The summed E-state index contributed by atoms with van der Waals surface area (Å²) < 4.78 is 5.48. The summed E-state index contributed by atoms with van der Waals surface area (Å²) in [7, 11) is 0. The van der Waals surface area contributed by atoms with Crippen molar-refractivity contribution in [2.45, 2.75) is 57.5 Å². The van der Waals surface area contributed by atoms with Crippen LogP contribution in [0.1, 0.15) is 46.0 Å². The first-order valence-corrected chi connectivity index (χ1v) is 7.81. The third-order valence-electron chi connectivity index (χ3n) is 4.41. The maximum Gasteiger partial charge on any atom is 0.249 e. The van der Waals surface area contributed by atoms with E-state index in [2.05, 4.69) is 11.9 Å². The van der Waals surface area contributed by atoms with E-state index < -0.39 is 11.6 Å². The molecule has 1 atom stereocenters. The van der Waals surface area contributed by atoms with Crippen molar-refractivity contribution in [2.75, 3.05) is 19.8 Å². The second-order valence-electron chi connectivity index (χ2n) is 6.32. The molecule has 118 valence electrons. The zero-order chi connectivity index (χ0) is 15.5. The van der Waals surface area contributed by atoms with Gasteiger partial charge >= 0.3 is 0 Å². The molecule has 0 aromatic carbocycles. The lowest BCUT2D eigenvalue weighted by atomic mass is 9.78. The van der Waals surface area contributed by atoms with Gasteiger partial charge in [0.05, 0.1) is 13.2 Å². The lowest BCUT2D eigenvalue weighted by Crippen LogP contribution is -2.70. The van der Waals surface area contributed by atoms with Crippen LogP contribution in [0.5, 0.6) is 0 Å². The second-order valence-corrected chi connectivity index (χ2v) is 6.32. The van der Waals surface area contributed by atoms with Crippen LogP contribution in [0.2, 0.25) is 0 Å². The molecule has 2 fully saturated rings. The molecule has 0 radical (unpaired) electrons. The predicted molar refractivity (Wildman–Crippen MR) is 80.8 cm³/mol. The number of carbonyl (C=O) groups is 2. The Bertz CT molecular complexity index is 427. The molecule has 1 aliphatic heterocycles. The first-order chi connectivity index (χ1) is 9.96. The molecular weight excluding hydrogens is 268 g/mol. The monoisotopic (exact) mass is 294 g/mol. The summed E-state index contributed by atoms with van der Waals surface area (Å²) in [6.45, 7) is 8.85. The number of amides is 2. The molecule has 5 nitrogen and oxygen atoms in total. The predicted octanol–water partition coefficient (Wildman–Crippen LogP) is 1.63. The molecule has 2 aliphatic rings. The molecule has 0 aromatic rings. The van der Waals surface area contributed by atoms with Gasteiger partial charge in [-0.3, -0.25) is 9.59 Å². The molecule has 1 saturated heterocycles. The maximum atomic E-state index is 12.8. The highest BCUT2D eigenvalue weighted by atomic mass is 16.5. The van der Waals surface area contributed by atoms with Crippen LogP contribution in [0.3, 0.4) is 0 Å². The van der Waals surface area contributed by atoms with Gasteiger partial charge in [-0.25, -0.2) is 0 Å². The highest BCUT2D eigenvalue weighted by molar-refractivity contribution is 5.99. The van der Waals surface area contributed by atoms with E-state index in [9.17, 15) is 9.59 Å². The van der Waals surface area contributed by atoms with Crippen LogP contribution in [-0.2, 0) is 14.3 Å². The highest BCUT2D eigenvalue weighted by Gasteiger charge is 2.49. The topological polar surface area (TPSA) is 58.6 Å². The minimum Gasteiger partial charge on any atom is -0.375 e. The van der Waals surface area contributed by atoms with Crippen LogP contribution in [0.25, 0.3) is 0 Å². The van der Waals surface area contributed by atoms with Crippen molar-refractivity contribution < 1.29 is 14.3 Å². The van der Waals surface area contributed by atoms with Crippen LogP contribution in [-0.4, -0.2) is 48.1 Å². The summed E-state index contributed by atoms with van der Waals surface area (Å²) >= 11 is 0. The van der Waals surface area contributed by atoms with Crippen molar-refractivity contribution in [3.8, 4) is 0 Å². The summed E-state index contributed by atoms with van der Waals surface area (Å²) in [5.74, 6) is 0.0182. The molecule has 0 bridgehead atoms. The third kappa shape index (κ3) is 3.46. The molecular formula is C16H26N2O3. The van der Waals surface area contributed by atoms with E-state index in [4.69, 9.17) is 4.74 Å². The number of hydrogen-bond acceptors (Lipinski definition) is 3. The van der Waals surface area contributed by atoms with Crippen molar-refractivity contribution in [2.24, 2.45) is 0 Å². The van der Waals surface area contributed by atoms with Gasteiger partial charge in [-0.05, 0) is 26.7 Å². The molecule has 1 unspecified atom stereocenters. The lowest BCUT2D eigenvalue weighted by molar-refractivity contribution is -0.156. The van der Waals surface area contributed by atoms with Gasteiger partial charge in [0, 0.05) is 6.54 Å². The van der Waals surface area contributed by atoms with Gasteiger partial charge in [0.25, 0.3) is 0 Å². The highest BCUT2D eigenvalue weighted by Crippen LogP contribution is 2.33. The van der Waals surface area contributed by atoms with Gasteiger partial charge in [-0.1, -0.05) is 31.4 Å². The molecule has 2 rings (SSSR count). The van der Waals surface area contributed by atoms with E-state index >= 15 is 0 Å². The zero-order valence-corrected chi connectivity index (χ0v) is 13.1. The number of nitrogens with zero attached hydrogens (tertiary/aromatic N) is 1. The number of ether oxygens (including phenoxy) is 1. The fourth-order valence-electron chi connectivity index (χ4n) is 3.18. The first-order valence-electron chi connectivity index (χ1n) is 7.81. The molecule has 1 N–H and O–H groups in total. The minimum absolute atomic E-state index is 0.0450. The van der Waals surface area contributed by atoms with Crippen LogP contribution in [0, 0.1) is 0 Å². The van der Waals surface area contributed by atoms with E-state index in [-0.39, 0.29) is 11.8 Å². The van der Waals surface area contributed by atoms with E-state index in [0.29, 0.717) is 19.8 Å². The fraction of sp³-hybridized carbons (Fsp3) is 0.750. The lowest BCUT2D eigenvalue weighted by Gasteiger charge is -2.46. The summed E-state index contributed by atoms with van der Waals surface area (Å²) in [6.07, 6.45) is 4.66. The zero-order valence-electron chi connectivity index (χ0n) is 13.1. The smallest absolute Gasteiger partial charge is 0.249 e. The van der Waals surface area contributed by atoms with Crippen molar-refractivity contribution in [1.29, 1.82) is 0 Å². The van der Waals surface area contributed by atoms with Crippen molar-refractivity contribution in [3.05, 3.63) is 12.2 Å². The number of rotatable bonds is 5. The summed E-state index contributed by atoms with van der Waals surface area (Å²) in [5, 5.41) is 2.98. The standard InChI is InChI=1S/C16H26N2O3/c1-12(2)11-21-10-9-18-13(3)14(19)17-16(15(18)20)7-5-4-6-8-16/h13H,1,4-11H2,2-3H3,(H,17,19). The molecule has 0 aromatic heterocycles. The van der Waals surface area contributed by atoms with Crippen LogP contribution < -0.4 is 5.32 Å². The number of hydrogen-bond donors (Lipinski definition) is 1. The minimum atomic E-state index is -0.657. The Kier molecular flexibility index (Phi) is 5.04. The average molecular weight is 294 g/mol. The molecule has 2 amide bonds. The Morgan fingerprint density at radius 2 is 2.05 bits per heavy atom. The molecule has 1 heterocycles. The van der Waals surface area contributed by atoms with E-state index in [1.165, 1.54) is 0 Å². The Morgan fingerprint density at radius 3 is 2.67 bits per heavy atom. The van der Waals surface area contributed by atoms with Gasteiger partial charge < -0.3 is 15.0 Å². The Labute approximate surface area is 126 Å². The SMILES string of the molecule is C=C(C)COCCN1C(=O)C2(CCCCC2)NC(=O)C1C. The van der Waals surface area contributed by atoms with Gasteiger partial charge in [0.15, 0.2) is 0 Å². The molecule has 1 spiro atoms. The Balaban J connectivity index is 2.01. The van der Waals surface area contributed by atoms with E-state index in [0.717, 1.165) is 37.7 Å². The van der Waals surface area contributed by atoms with Crippen molar-refractivity contribution in [3.63, 3.8) is 0 Å². The van der Waals surface area contributed by atoms with Crippen molar-refractivity contribution >= 4 is 11.8 Å². The molecule has 21 heavy (non-hydrogen) atoms. The fourth-order valence-corrected chi connectivity index (χ4v) is 3.18. The number of carbonyl (C=O) groups excluding carboxylic acids is 2. The average Bonchev–Trinajstić information content (AvgIpc) is 2.45. The van der Waals surface area contributed by atoms with Crippen LogP contribution in [0.4, 0.5) is 0 Å². The van der Waals surface area contributed by atoms with Crippen LogP contribution >= 0.6 is 0 Å². The van der Waals surface area contributed by atoms with Crippen molar-refractivity contribution in [1.82, 2.24) is 10.2 Å². The summed E-state index contributed by atoms with van der Waals surface area (Å²) in [6, 6.07) is -0.418. The Hall–Kier alpha value is -1.36. The molecule has 5 heteroatoms. The first kappa shape index (κ1) is 16.0. The summed E-state index contributed by atoms with van der Waals surface area (Å²) in [4.78, 5) is 26.7. The second kappa shape index (κ2) is 6.60. The normalized spacial score (nSPS) is 25.0. The number of nitrogens with one attached hydrogen (secondary N) is 1.